The molecule has 3 rings (SSSR count). The van der Waals surface area contributed by atoms with E-state index in [9.17, 15) is 8.78 Å². The third kappa shape index (κ3) is 3.62. The number of hydrogen-bond acceptors (Lipinski definition) is 2. The third-order valence-corrected chi connectivity index (χ3v) is 4.47. The molecule has 136 valence electrons. The lowest BCUT2D eigenvalue weighted by atomic mass is 10.1. The maximum absolute atomic E-state index is 14.1. The standard InChI is InChI=1S/C21H22F2N2O/c1-3-4-11-19-21(15-8-5-6-12-20(15)26-2)24-14-25(19)13-16-17(22)9-7-10-18(16)23/h5-10,12,14H,3-4,11,13H2,1-2H3. The quantitative estimate of drug-likeness (QED) is 0.580. The fourth-order valence-corrected chi connectivity index (χ4v) is 3.07. The van der Waals surface area contributed by atoms with E-state index in [0.717, 1.165) is 42.0 Å². The van der Waals surface area contributed by atoms with Crippen molar-refractivity contribution in [3.63, 3.8) is 0 Å². The lowest BCUT2D eigenvalue weighted by molar-refractivity contribution is 0.416. The first-order valence-electron chi connectivity index (χ1n) is 8.76. The van der Waals surface area contributed by atoms with E-state index in [-0.39, 0.29) is 12.1 Å². The molecule has 0 spiro atoms. The Bertz CT molecular complexity index is 869. The van der Waals surface area contributed by atoms with Gasteiger partial charge in [-0.3, -0.25) is 0 Å². The fourth-order valence-electron chi connectivity index (χ4n) is 3.07. The van der Waals surface area contributed by atoms with E-state index in [0.29, 0.717) is 0 Å². The SMILES string of the molecule is CCCCc1c(-c2ccccc2OC)ncn1Cc1c(F)cccc1F. The molecule has 2 aromatic carbocycles. The van der Waals surface area contributed by atoms with Gasteiger partial charge in [0.05, 0.1) is 25.7 Å². The monoisotopic (exact) mass is 356 g/mol. The Kier molecular flexibility index (Phi) is 5.66. The first-order valence-corrected chi connectivity index (χ1v) is 8.76. The largest absolute Gasteiger partial charge is 0.496 e. The molecule has 0 bridgehead atoms. The first-order chi connectivity index (χ1) is 12.7. The number of imidazole rings is 1. The number of rotatable bonds is 7. The molecule has 1 heterocycles. The topological polar surface area (TPSA) is 27.1 Å². The molecule has 26 heavy (non-hydrogen) atoms. The van der Waals surface area contributed by atoms with Crippen LogP contribution in [0.15, 0.2) is 48.8 Å². The summed E-state index contributed by atoms with van der Waals surface area (Å²) in [6, 6.07) is 11.6. The molecule has 0 atom stereocenters. The molecule has 0 saturated carbocycles. The highest BCUT2D eigenvalue weighted by Gasteiger charge is 2.18. The summed E-state index contributed by atoms with van der Waals surface area (Å²) in [7, 11) is 1.62. The van der Waals surface area contributed by atoms with Crippen molar-refractivity contribution >= 4 is 0 Å². The summed E-state index contributed by atoms with van der Waals surface area (Å²) < 4.78 is 35.4. The second kappa shape index (κ2) is 8.13. The fraction of sp³-hybridized carbons (Fsp3) is 0.286. The van der Waals surface area contributed by atoms with Gasteiger partial charge in [0, 0.05) is 16.8 Å². The molecule has 0 aliphatic heterocycles. The van der Waals surface area contributed by atoms with E-state index in [2.05, 4.69) is 11.9 Å². The van der Waals surface area contributed by atoms with Crippen molar-refractivity contribution in [2.24, 2.45) is 0 Å². The number of aromatic nitrogens is 2. The average Bonchev–Trinajstić information content (AvgIpc) is 3.05. The van der Waals surface area contributed by atoms with Crippen LogP contribution in [0.2, 0.25) is 0 Å². The first kappa shape index (κ1) is 18.1. The minimum absolute atomic E-state index is 0.0502. The Hall–Kier alpha value is -2.69. The zero-order valence-corrected chi connectivity index (χ0v) is 15.0. The van der Waals surface area contributed by atoms with Crippen LogP contribution in [-0.2, 0) is 13.0 Å². The molecule has 3 nitrogen and oxygen atoms in total. The van der Waals surface area contributed by atoms with E-state index in [1.165, 1.54) is 18.2 Å². The summed E-state index contributed by atoms with van der Waals surface area (Å²) in [6.07, 6.45) is 4.41. The molecule has 1 aromatic heterocycles. The van der Waals surface area contributed by atoms with E-state index in [1.807, 2.05) is 28.8 Å². The van der Waals surface area contributed by atoms with Gasteiger partial charge in [0.2, 0.25) is 0 Å². The Morgan fingerprint density at radius 1 is 1.04 bits per heavy atom. The second-order valence-corrected chi connectivity index (χ2v) is 6.17. The van der Waals surface area contributed by atoms with E-state index < -0.39 is 11.6 Å². The lowest BCUT2D eigenvalue weighted by Gasteiger charge is -2.13. The van der Waals surface area contributed by atoms with Gasteiger partial charge in [-0.15, -0.1) is 0 Å². The van der Waals surface area contributed by atoms with Crippen LogP contribution in [0.5, 0.6) is 5.75 Å². The predicted molar refractivity (Wildman–Crippen MR) is 98.3 cm³/mol. The van der Waals surface area contributed by atoms with Crippen LogP contribution in [0, 0.1) is 11.6 Å². The van der Waals surface area contributed by atoms with Crippen LogP contribution < -0.4 is 4.74 Å². The second-order valence-electron chi connectivity index (χ2n) is 6.17. The van der Waals surface area contributed by atoms with E-state index in [4.69, 9.17) is 4.74 Å². The Labute approximate surface area is 152 Å². The maximum Gasteiger partial charge on any atom is 0.131 e. The molecule has 0 fully saturated rings. The zero-order valence-electron chi connectivity index (χ0n) is 15.0. The highest BCUT2D eigenvalue weighted by Crippen LogP contribution is 2.32. The molecular weight excluding hydrogens is 334 g/mol. The molecular formula is C21H22F2N2O. The lowest BCUT2D eigenvalue weighted by Crippen LogP contribution is -2.08. The number of para-hydroxylation sites is 1. The number of benzene rings is 2. The Morgan fingerprint density at radius 2 is 1.77 bits per heavy atom. The molecule has 3 aromatic rings. The number of halogens is 2. The highest BCUT2D eigenvalue weighted by atomic mass is 19.1. The minimum Gasteiger partial charge on any atom is -0.496 e. The summed E-state index contributed by atoms with van der Waals surface area (Å²) in [5.74, 6) is -0.356. The van der Waals surface area contributed by atoms with Crippen LogP contribution in [0.3, 0.4) is 0 Å². The van der Waals surface area contributed by atoms with Crippen LogP contribution in [0.4, 0.5) is 8.78 Å². The minimum atomic E-state index is -0.543. The molecule has 0 aliphatic rings. The van der Waals surface area contributed by atoms with Crippen molar-refractivity contribution in [1.82, 2.24) is 9.55 Å². The van der Waals surface area contributed by atoms with E-state index >= 15 is 0 Å². The van der Waals surface area contributed by atoms with Crippen LogP contribution >= 0.6 is 0 Å². The normalized spacial score (nSPS) is 10.9. The van der Waals surface area contributed by atoms with Gasteiger partial charge in [-0.25, -0.2) is 13.8 Å². The van der Waals surface area contributed by atoms with Crippen LogP contribution in [0.1, 0.15) is 31.0 Å². The van der Waals surface area contributed by atoms with Gasteiger partial charge < -0.3 is 9.30 Å². The van der Waals surface area contributed by atoms with Crippen molar-refractivity contribution in [3.05, 3.63) is 71.7 Å². The van der Waals surface area contributed by atoms with Gasteiger partial charge in [-0.1, -0.05) is 31.5 Å². The van der Waals surface area contributed by atoms with E-state index in [1.54, 1.807) is 13.4 Å². The van der Waals surface area contributed by atoms with Gasteiger partial charge in [-0.05, 0) is 37.1 Å². The van der Waals surface area contributed by atoms with Gasteiger partial charge in [0.15, 0.2) is 0 Å². The number of ether oxygens (including phenoxy) is 1. The average molecular weight is 356 g/mol. The third-order valence-electron chi connectivity index (χ3n) is 4.47. The smallest absolute Gasteiger partial charge is 0.131 e. The molecule has 0 saturated heterocycles. The summed E-state index contributed by atoms with van der Waals surface area (Å²) in [6.45, 7) is 2.22. The molecule has 0 aliphatic carbocycles. The van der Waals surface area contributed by atoms with Crippen molar-refractivity contribution in [3.8, 4) is 17.0 Å². The summed E-state index contributed by atoms with van der Waals surface area (Å²) in [5, 5.41) is 0. The van der Waals surface area contributed by atoms with Crippen LogP contribution in [-0.4, -0.2) is 16.7 Å². The van der Waals surface area contributed by atoms with Gasteiger partial charge >= 0.3 is 0 Å². The number of hydrogen-bond donors (Lipinski definition) is 0. The molecule has 0 N–H and O–H groups in total. The van der Waals surface area contributed by atoms with Crippen molar-refractivity contribution < 1.29 is 13.5 Å². The zero-order chi connectivity index (χ0) is 18.5. The van der Waals surface area contributed by atoms with Crippen molar-refractivity contribution in [1.29, 1.82) is 0 Å². The number of unbranched alkanes of at least 4 members (excludes halogenated alkanes) is 1. The molecule has 0 amide bonds. The van der Waals surface area contributed by atoms with Crippen molar-refractivity contribution in [2.75, 3.05) is 7.11 Å². The Balaban J connectivity index is 2.05. The van der Waals surface area contributed by atoms with Gasteiger partial charge in [-0.2, -0.15) is 0 Å². The number of nitrogens with zero attached hydrogens (tertiary/aromatic N) is 2. The van der Waals surface area contributed by atoms with Gasteiger partial charge in [0.25, 0.3) is 0 Å². The molecule has 0 unspecified atom stereocenters. The Morgan fingerprint density at radius 3 is 2.46 bits per heavy atom. The summed E-state index contributed by atoms with van der Waals surface area (Å²) in [4.78, 5) is 4.54. The van der Waals surface area contributed by atoms with Gasteiger partial charge in [0.1, 0.15) is 17.4 Å². The summed E-state index contributed by atoms with van der Waals surface area (Å²) >= 11 is 0. The number of methoxy groups -OCH3 is 1. The molecule has 0 radical (unpaired) electrons. The highest BCUT2D eigenvalue weighted by molar-refractivity contribution is 5.69. The van der Waals surface area contributed by atoms with Crippen LogP contribution in [0.25, 0.3) is 11.3 Å². The molecule has 5 heteroatoms. The predicted octanol–water partition coefficient (Wildman–Crippen LogP) is 5.23. The van der Waals surface area contributed by atoms with Crippen molar-refractivity contribution in [2.45, 2.75) is 32.7 Å². The maximum atomic E-state index is 14.1. The summed E-state index contributed by atoms with van der Waals surface area (Å²) in [5.41, 5.74) is 2.69.